The van der Waals surface area contributed by atoms with Gasteiger partial charge in [-0.25, -0.2) is 8.42 Å². The molecule has 1 aromatic rings. The monoisotopic (exact) mass is 314 g/mol. The molecule has 8 heteroatoms. The minimum absolute atomic E-state index is 0.0287. The summed E-state index contributed by atoms with van der Waals surface area (Å²) >= 11 is 0. The highest BCUT2D eigenvalue weighted by atomic mass is 32.2. The van der Waals surface area contributed by atoms with Crippen LogP contribution in [0.4, 0.5) is 0 Å². The number of ether oxygens (including phenoxy) is 1. The molecule has 2 aliphatic rings. The number of morpholine rings is 1. The van der Waals surface area contributed by atoms with Crippen molar-refractivity contribution in [3.05, 3.63) is 11.8 Å². The number of hydrogen-bond acceptors (Lipinski definition) is 5. The van der Waals surface area contributed by atoms with Gasteiger partial charge in [-0.2, -0.15) is 9.40 Å². The Hall–Kier alpha value is -0.960. The molecule has 0 radical (unpaired) electrons. The molecular formula is C13H22N4O3S. The number of sulfonamides is 1. The Morgan fingerprint density at radius 3 is 3.19 bits per heavy atom. The topological polar surface area (TPSA) is 87.3 Å². The molecule has 0 bridgehead atoms. The summed E-state index contributed by atoms with van der Waals surface area (Å²) < 4.78 is 33.2. The van der Waals surface area contributed by atoms with Crippen LogP contribution in [0.25, 0.3) is 0 Å². The zero-order valence-electron chi connectivity index (χ0n) is 12.2. The van der Waals surface area contributed by atoms with Gasteiger partial charge < -0.3 is 10.1 Å². The van der Waals surface area contributed by atoms with Crippen LogP contribution < -0.4 is 5.32 Å². The molecule has 3 rings (SSSR count). The highest BCUT2D eigenvalue weighted by Crippen LogP contribution is 2.33. The number of H-pyrrole nitrogens is 1. The second-order valence-corrected chi connectivity index (χ2v) is 7.36. The molecule has 0 amide bonds. The van der Waals surface area contributed by atoms with E-state index in [9.17, 15) is 8.42 Å². The first kappa shape index (κ1) is 15.0. The second kappa shape index (κ2) is 6.04. The first-order valence-electron chi connectivity index (χ1n) is 7.51. The third-order valence-corrected chi connectivity index (χ3v) is 6.18. The largest absolute Gasteiger partial charge is 0.375 e. The average Bonchev–Trinajstić information content (AvgIpc) is 3.13. The fourth-order valence-electron chi connectivity index (χ4n) is 3.21. The molecule has 7 nitrogen and oxygen atoms in total. The first-order chi connectivity index (χ1) is 10.1. The van der Waals surface area contributed by atoms with E-state index in [4.69, 9.17) is 4.74 Å². The summed E-state index contributed by atoms with van der Waals surface area (Å²) in [6, 6.07) is -0.0287. The van der Waals surface area contributed by atoms with Crippen LogP contribution in [-0.4, -0.2) is 54.8 Å². The van der Waals surface area contributed by atoms with Crippen LogP contribution in [0, 0.1) is 0 Å². The van der Waals surface area contributed by atoms with Crippen molar-refractivity contribution in [3.63, 3.8) is 0 Å². The Balaban J connectivity index is 1.87. The number of fused-ring (bicyclic) bond motifs is 1. The third kappa shape index (κ3) is 2.73. The lowest BCUT2D eigenvalue weighted by atomic mass is 10.2. The lowest BCUT2D eigenvalue weighted by Crippen LogP contribution is -2.51. The molecule has 118 valence electrons. The van der Waals surface area contributed by atoms with Crippen LogP contribution in [0.3, 0.4) is 0 Å². The van der Waals surface area contributed by atoms with Gasteiger partial charge in [0.1, 0.15) is 0 Å². The summed E-state index contributed by atoms with van der Waals surface area (Å²) in [5.41, 5.74) is 0.692. The molecule has 2 fully saturated rings. The van der Waals surface area contributed by atoms with Gasteiger partial charge in [-0.1, -0.05) is 6.92 Å². The highest BCUT2D eigenvalue weighted by molar-refractivity contribution is 7.89. The van der Waals surface area contributed by atoms with Gasteiger partial charge in [-0.3, -0.25) is 5.10 Å². The SMILES string of the molecule is CCNCc1cn[nH]c1S(=O)(=O)N1CCOC2CCCC21. The smallest absolute Gasteiger partial charge is 0.260 e. The molecule has 1 saturated carbocycles. The van der Waals surface area contributed by atoms with E-state index in [1.807, 2.05) is 6.92 Å². The molecule has 1 aliphatic heterocycles. The summed E-state index contributed by atoms with van der Waals surface area (Å²) in [5.74, 6) is 0. The number of nitrogens with zero attached hydrogens (tertiary/aromatic N) is 2. The van der Waals surface area contributed by atoms with Crippen LogP contribution in [-0.2, 0) is 21.3 Å². The number of aromatic amines is 1. The predicted octanol–water partition coefficient (Wildman–Crippen LogP) is 0.461. The predicted molar refractivity (Wildman–Crippen MR) is 77.2 cm³/mol. The van der Waals surface area contributed by atoms with E-state index in [0.717, 1.165) is 25.8 Å². The van der Waals surface area contributed by atoms with Gasteiger partial charge in [0.25, 0.3) is 10.0 Å². The molecule has 1 saturated heterocycles. The molecule has 0 spiro atoms. The van der Waals surface area contributed by atoms with Crippen molar-refractivity contribution >= 4 is 10.0 Å². The van der Waals surface area contributed by atoms with E-state index in [0.29, 0.717) is 25.3 Å². The van der Waals surface area contributed by atoms with E-state index in [1.54, 1.807) is 10.5 Å². The Bertz CT molecular complexity index is 586. The molecule has 1 aromatic heterocycles. The Kier molecular flexibility index (Phi) is 4.30. The minimum atomic E-state index is -3.54. The molecule has 2 heterocycles. The molecule has 1 aliphatic carbocycles. The van der Waals surface area contributed by atoms with Crippen LogP contribution in [0.2, 0.25) is 0 Å². The fraction of sp³-hybridized carbons (Fsp3) is 0.769. The van der Waals surface area contributed by atoms with Gasteiger partial charge in [0.2, 0.25) is 0 Å². The van der Waals surface area contributed by atoms with Gasteiger partial charge in [-0.05, 0) is 25.8 Å². The maximum atomic E-state index is 12.9. The van der Waals surface area contributed by atoms with Crippen molar-refractivity contribution < 1.29 is 13.2 Å². The molecule has 0 aromatic carbocycles. The summed E-state index contributed by atoms with van der Waals surface area (Å²) in [4.78, 5) is 0. The molecule has 2 N–H and O–H groups in total. The number of nitrogens with one attached hydrogen (secondary N) is 2. The highest BCUT2D eigenvalue weighted by Gasteiger charge is 2.43. The Morgan fingerprint density at radius 1 is 1.52 bits per heavy atom. The zero-order valence-corrected chi connectivity index (χ0v) is 13.0. The number of rotatable bonds is 5. The molecular weight excluding hydrogens is 292 g/mol. The third-order valence-electron chi connectivity index (χ3n) is 4.24. The maximum Gasteiger partial charge on any atom is 0.260 e. The number of hydrogen-bond donors (Lipinski definition) is 2. The van der Waals surface area contributed by atoms with Crippen LogP contribution >= 0.6 is 0 Å². The van der Waals surface area contributed by atoms with Crippen molar-refractivity contribution in [1.82, 2.24) is 19.8 Å². The second-order valence-electron chi connectivity index (χ2n) is 5.53. The summed E-state index contributed by atoms with van der Waals surface area (Å²) in [6.07, 6.45) is 4.48. The van der Waals surface area contributed by atoms with Crippen molar-refractivity contribution in [3.8, 4) is 0 Å². The Labute approximate surface area is 125 Å². The van der Waals surface area contributed by atoms with Crippen molar-refractivity contribution in [2.75, 3.05) is 19.7 Å². The van der Waals surface area contributed by atoms with Crippen LogP contribution in [0.1, 0.15) is 31.7 Å². The summed E-state index contributed by atoms with van der Waals surface area (Å²) in [7, 11) is -3.54. The van der Waals surface area contributed by atoms with Crippen LogP contribution in [0.5, 0.6) is 0 Å². The van der Waals surface area contributed by atoms with E-state index in [1.165, 1.54) is 0 Å². The Morgan fingerprint density at radius 2 is 2.38 bits per heavy atom. The first-order valence-corrected chi connectivity index (χ1v) is 8.95. The van der Waals surface area contributed by atoms with Gasteiger partial charge in [0.15, 0.2) is 5.03 Å². The lowest BCUT2D eigenvalue weighted by Gasteiger charge is -2.36. The summed E-state index contributed by atoms with van der Waals surface area (Å²) in [6.45, 7) is 4.16. The standard InChI is InChI=1S/C13H22N4O3S/c1-2-14-8-10-9-15-16-13(10)21(18,19)17-6-7-20-12-5-3-4-11(12)17/h9,11-12,14H,2-8H2,1H3,(H,15,16). The molecule has 21 heavy (non-hydrogen) atoms. The van der Waals surface area contributed by atoms with Gasteiger partial charge >= 0.3 is 0 Å². The van der Waals surface area contributed by atoms with Crippen LogP contribution in [0.15, 0.2) is 11.2 Å². The van der Waals surface area contributed by atoms with E-state index >= 15 is 0 Å². The molecule has 2 atom stereocenters. The van der Waals surface area contributed by atoms with Crippen molar-refractivity contribution in [2.24, 2.45) is 0 Å². The normalized spacial score (nSPS) is 26.9. The van der Waals surface area contributed by atoms with Gasteiger partial charge in [0.05, 0.1) is 24.9 Å². The number of aromatic nitrogens is 2. The zero-order chi connectivity index (χ0) is 14.9. The van der Waals surface area contributed by atoms with Crippen molar-refractivity contribution in [1.29, 1.82) is 0 Å². The maximum absolute atomic E-state index is 12.9. The minimum Gasteiger partial charge on any atom is -0.375 e. The quantitative estimate of drug-likeness (QED) is 0.824. The average molecular weight is 314 g/mol. The van der Waals surface area contributed by atoms with E-state index in [2.05, 4.69) is 15.5 Å². The molecule has 2 unspecified atom stereocenters. The lowest BCUT2D eigenvalue weighted by molar-refractivity contribution is -0.0242. The van der Waals surface area contributed by atoms with E-state index < -0.39 is 10.0 Å². The van der Waals surface area contributed by atoms with Gasteiger partial charge in [-0.15, -0.1) is 0 Å². The van der Waals surface area contributed by atoms with E-state index in [-0.39, 0.29) is 17.2 Å². The summed E-state index contributed by atoms with van der Waals surface area (Å²) in [5, 5.41) is 9.95. The van der Waals surface area contributed by atoms with Crippen molar-refractivity contribution in [2.45, 2.75) is 49.9 Å². The van der Waals surface area contributed by atoms with Gasteiger partial charge in [0, 0.05) is 18.7 Å². The fourth-order valence-corrected chi connectivity index (χ4v) is 4.99.